The molecule has 7 heteroatoms. The monoisotopic (exact) mass is 392 g/mol. The highest BCUT2D eigenvalue weighted by Crippen LogP contribution is 2.14. The second-order valence-electron chi connectivity index (χ2n) is 5.33. The molecule has 0 fully saturated rings. The molecule has 0 saturated carbocycles. The molecule has 6 nitrogen and oxygen atoms in total. The third kappa shape index (κ3) is 4.17. The zero-order chi connectivity index (χ0) is 17.9. The van der Waals surface area contributed by atoms with Gasteiger partial charge in [-0.1, -0.05) is 0 Å². The number of pyridine rings is 2. The van der Waals surface area contributed by atoms with E-state index in [1.54, 1.807) is 26.1 Å². The number of ether oxygens (including phenoxy) is 1. The van der Waals surface area contributed by atoms with Gasteiger partial charge in [-0.3, -0.25) is 14.6 Å². The quantitative estimate of drug-likeness (QED) is 0.577. The van der Waals surface area contributed by atoms with Gasteiger partial charge < -0.3 is 9.30 Å². The van der Waals surface area contributed by atoms with Crippen LogP contribution in [0.25, 0.3) is 0 Å². The Bertz CT molecular complexity index is 858. The van der Waals surface area contributed by atoms with Crippen molar-refractivity contribution in [1.29, 1.82) is 0 Å². The third-order valence-electron chi connectivity index (χ3n) is 3.52. The predicted octanol–water partition coefficient (Wildman–Crippen LogP) is 2.68. The number of ketones is 1. The summed E-state index contributed by atoms with van der Waals surface area (Å²) in [6, 6.07) is 4.59. The number of hydrogen-bond acceptors (Lipinski definition) is 5. The smallest absolute Gasteiger partial charge is 0.340 e. The van der Waals surface area contributed by atoms with Crippen molar-refractivity contribution in [3.8, 4) is 0 Å². The summed E-state index contributed by atoms with van der Waals surface area (Å²) in [4.78, 5) is 39.7. The Morgan fingerprint density at radius 3 is 2.54 bits per heavy atom. The molecule has 0 bridgehead atoms. The van der Waals surface area contributed by atoms with Crippen molar-refractivity contribution in [2.75, 3.05) is 6.61 Å². The Balaban J connectivity index is 2.10. The van der Waals surface area contributed by atoms with Crippen molar-refractivity contribution >= 4 is 27.7 Å². The zero-order valence-electron chi connectivity index (χ0n) is 13.6. The van der Waals surface area contributed by atoms with Gasteiger partial charge in [-0.25, -0.2) is 4.79 Å². The molecular formula is C17H17BrN2O4. The number of hydrogen-bond donors (Lipinski definition) is 0. The van der Waals surface area contributed by atoms with E-state index >= 15 is 0 Å². The molecule has 0 aliphatic carbocycles. The highest BCUT2D eigenvalue weighted by atomic mass is 79.9. The summed E-state index contributed by atoms with van der Waals surface area (Å²) in [5.74, 6) is -0.722. The molecule has 0 aliphatic rings. The second-order valence-corrected chi connectivity index (χ2v) is 6.24. The first-order valence-corrected chi connectivity index (χ1v) is 8.11. The van der Waals surface area contributed by atoms with E-state index in [-0.39, 0.29) is 30.1 Å². The summed E-state index contributed by atoms with van der Waals surface area (Å²) in [5, 5.41) is 0. The van der Waals surface area contributed by atoms with Crippen molar-refractivity contribution in [1.82, 2.24) is 9.55 Å². The zero-order valence-corrected chi connectivity index (χ0v) is 15.2. The van der Waals surface area contributed by atoms with Crippen LogP contribution in [-0.2, 0) is 11.3 Å². The normalized spacial score (nSPS) is 10.5. The number of aromatic nitrogens is 2. The van der Waals surface area contributed by atoms with Crippen molar-refractivity contribution in [2.24, 2.45) is 0 Å². The summed E-state index contributed by atoms with van der Waals surface area (Å²) in [6.07, 6.45) is 1.63. The van der Waals surface area contributed by atoms with Crippen LogP contribution in [0.2, 0.25) is 0 Å². The van der Waals surface area contributed by atoms with Gasteiger partial charge in [0.15, 0.2) is 5.78 Å². The average Bonchev–Trinajstić information content (AvgIpc) is 2.50. The topological polar surface area (TPSA) is 78.3 Å². The third-order valence-corrected chi connectivity index (χ3v) is 3.98. The van der Waals surface area contributed by atoms with Crippen LogP contribution in [0.15, 0.2) is 33.7 Å². The molecule has 0 radical (unpaired) electrons. The van der Waals surface area contributed by atoms with Crippen LogP contribution in [0.5, 0.6) is 0 Å². The van der Waals surface area contributed by atoms with Crippen LogP contribution in [0.3, 0.4) is 0 Å². The Morgan fingerprint density at radius 1 is 1.21 bits per heavy atom. The first-order chi connectivity index (χ1) is 11.3. The highest BCUT2D eigenvalue weighted by Gasteiger charge is 2.16. The molecule has 24 heavy (non-hydrogen) atoms. The maximum atomic E-state index is 12.2. The number of rotatable bonds is 5. The maximum absolute atomic E-state index is 12.2. The molecular weight excluding hydrogens is 376 g/mol. The number of carbonyl (C=O) groups is 2. The number of esters is 1. The lowest BCUT2D eigenvalue weighted by Crippen LogP contribution is -2.22. The number of Topliss-reactive ketones (excluding diaryl/α,β-unsaturated/α-hetero) is 1. The van der Waals surface area contributed by atoms with Gasteiger partial charge in [0.05, 0.1) is 17.8 Å². The van der Waals surface area contributed by atoms with E-state index in [0.29, 0.717) is 17.0 Å². The maximum Gasteiger partial charge on any atom is 0.340 e. The van der Waals surface area contributed by atoms with Crippen LogP contribution in [-0.4, -0.2) is 27.9 Å². The van der Waals surface area contributed by atoms with E-state index in [1.807, 2.05) is 0 Å². The van der Waals surface area contributed by atoms with E-state index in [2.05, 4.69) is 20.9 Å². The number of halogens is 1. The fourth-order valence-corrected chi connectivity index (χ4v) is 2.66. The average molecular weight is 393 g/mol. The minimum absolute atomic E-state index is 0.0396. The lowest BCUT2D eigenvalue weighted by atomic mass is 10.1. The second kappa shape index (κ2) is 7.53. The lowest BCUT2D eigenvalue weighted by molar-refractivity contribution is 0.0489. The van der Waals surface area contributed by atoms with E-state index in [0.717, 1.165) is 4.47 Å². The van der Waals surface area contributed by atoms with Gasteiger partial charge in [-0.05, 0) is 48.8 Å². The summed E-state index contributed by atoms with van der Waals surface area (Å²) in [6.45, 7) is 5.11. The van der Waals surface area contributed by atoms with E-state index in [4.69, 9.17) is 4.74 Å². The summed E-state index contributed by atoms with van der Waals surface area (Å²) < 4.78 is 7.42. The molecule has 0 unspecified atom stereocenters. The summed E-state index contributed by atoms with van der Waals surface area (Å²) in [7, 11) is 0. The fourth-order valence-electron chi connectivity index (χ4n) is 2.28. The minimum Gasteiger partial charge on any atom is -0.460 e. The van der Waals surface area contributed by atoms with Crippen molar-refractivity contribution in [3.05, 3.63) is 61.7 Å². The van der Waals surface area contributed by atoms with Crippen molar-refractivity contribution < 1.29 is 14.3 Å². The van der Waals surface area contributed by atoms with Crippen molar-refractivity contribution in [3.63, 3.8) is 0 Å². The van der Waals surface area contributed by atoms with E-state index in [9.17, 15) is 14.4 Å². The fraction of sp³-hybridized carbons (Fsp3) is 0.294. The van der Waals surface area contributed by atoms with Gasteiger partial charge in [0.1, 0.15) is 6.61 Å². The molecule has 0 N–H and O–H groups in total. The van der Waals surface area contributed by atoms with Crippen LogP contribution in [0, 0.1) is 13.8 Å². The Hall–Kier alpha value is -2.28. The Morgan fingerprint density at radius 2 is 1.88 bits per heavy atom. The van der Waals surface area contributed by atoms with Crippen LogP contribution < -0.4 is 5.56 Å². The summed E-state index contributed by atoms with van der Waals surface area (Å²) in [5.41, 5.74) is 1.56. The molecule has 0 amide bonds. The predicted molar refractivity (Wildman–Crippen MR) is 92.4 cm³/mol. The molecule has 0 saturated heterocycles. The van der Waals surface area contributed by atoms with Gasteiger partial charge in [0.25, 0.3) is 5.56 Å². The Labute approximate surface area is 147 Å². The standard InChI is InChI=1S/C17H17BrN2O4/c1-10-14(12(3)21)8-15(11(2)19-10)17(23)24-7-6-20-9-13(18)4-5-16(20)22/h4-5,8-9H,6-7H2,1-3H3. The van der Waals surface area contributed by atoms with Gasteiger partial charge in [0, 0.05) is 28.0 Å². The van der Waals surface area contributed by atoms with E-state index < -0.39 is 5.97 Å². The molecule has 0 aromatic carbocycles. The number of carbonyl (C=O) groups excluding carboxylic acids is 2. The first kappa shape index (κ1) is 18.1. The molecule has 0 spiro atoms. The lowest BCUT2D eigenvalue weighted by Gasteiger charge is -2.11. The molecule has 2 rings (SSSR count). The molecule has 0 atom stereocenters. The van der Waals surface area contributed by atoms with Gasteiger partial charge in [-0.2, -0.15) is 0 Å². The van der Waals surface area contributed by atoms with Gasteiger partial charge in [-0.15, -0.1) is 0 Å². The van der Waals surface area contributed by atoms with E-state index in [1.165, 1.54) is 23.6 Å². The molecule has 2 aromatic rings. The molecule has 0 aliphatic heterocycles. The van der Waals surface area contributed by atoms with Gasteiger partial charge in [0.2, 0.25) is 0 Å². The van der Waals surface area contributed by atoms with Crippen LogP contribution in [0.4, 0.5) is 0 Å². The highest BCUT2D eigenvalue weighted by molar-refractivity contribution is 9.10. The van der Waals surface area contributed by atoms with Crippen LogP contribution in [0.1, 0.15) is 39.0 Å². The Kier molecular flexibility index (Phi) is 5.66. The van der Waals surface area contributed by atoms with Crippen LogP contribution >= 0.6 is 15.9 Å². The molecule has 2 aromatic heterocycles. The summed E-state index contributed by atoms with van der Waals surface area (Å²) >= 11 is 3.28. The number of nitrogens with zero attached hydrogens (tertiary/aromatic N) is 2. The SMILES string of the molecule is CC(=O)c1cc(C(=O)OCCn2cc(Br)ccc2=O)c(C)nc1C. The largest absolute Gasteiger partial charge is 0.460 e. The molecule has 126 valence electrons. The molecule has 2 heterocycles. The minimum atomic E-state index is -0.564. The van der Waals surface area contributed by atoms with Crippen molar-refractivity contribution in [2.45, 2.75) is 27.3 Å². The van der Waals surface area contributed by atoms with Gasteiger partial charge >= 0.3 is 5.97 Å². The first-order valence-electron chi connectivity index (χ1n) is 7.32. The number of aryl methyl sites for hydroxylation is 2.